The number of nitrogens with zero attached hydrogens (tertiary/aromatic N) is 6. The van der Waals surface area contributed by atoms with Gasteiger partial charge in [-0.2, -0.15) is 4.68 Å². The molecular weight excluding hydrogens is 326 g/mol. The summed E-state index contributed by atoms with van der Waals surface area (Å²) in [4.78, 5) is 38.1. The van der Waals surface area contributed by atoms with E-state index in [1.165, 1.54) is 23.7 Å². The Balaban J connectivity index is 1.62. The number of benzene rings is 1. The van der Waals surface area contributed by atoms with E-state index in [4.69, 9.17) is 0 Å². The van der Waals surface area contributed by atoms with Crippen molar-refractivity contribution >= 4 is 17.8 Å². The minimum Gasteiger partial charge on any atom is -0.349 e. The fraction of sp³-hybridized carbons (Fsp3) is 0.333. The fourth-order valence-electron chi connectivity index (χ4n) is 2.59. The minimum atomic E-state index is -0.789. The SMILES string of the molecule is CN1C(=O)[C@H](CC(=O)NCc2nnnn2-c2ccccc2)N(C)C1=O. The number of carbonyl (C=O) groups excluding carboxylic acids is 3. The first-order chi connectivity index (χ1) is 12.0. The van der Waals surface area contributed by atoms with Crippen molar-refractivity contribution in [2.24, 2.45) is 0 Å². The number of carbonyl (C=O) groups is 3. The zero-order valence-corrected chi connectivity index (χ0v) is 13.8. The summed E-state index contributed by atoms with van der Waals surface area (Å²) in [6.07, 6.45) is -0.113. The topological polar surface area (TPSA) is 113 Å². The van der Waals surface area contributed by atoms with Crippen molar-refractivity contribution in [3.05, 3.63) is 36.2 Å². The minimum absolute atomic E-state index is 0.106. The van der Waals surface area contributed by atoms with Gasteiger partial charge in [-0.05, 0) is 22.6 Å². The molecule has 1 aromatic heterocycles. The first-order valence-electron chi connectivity index (χ1n) is 7.62. The Morgan fingerprint density at radius 1 is 1.20 bits per heavy atom. The van der Waals surface area contributed by atoms with Gasteiger partial charge in [0.1, 0.15) is 6.04 Å². The third-order valence-electron chi connectivity index (χ3n) is 4.03. The molecule has 1 aliphatic rings. The van der Waals surface area contributed by atoms with E-state index < -0.39 is 18.0 Å². The second kappa shape index (κ2) is 6.67. The molecule has 2 heterocycles. The van der Waals surface area contributed by atoms with Gasteiger partial charge >= 0.3 is 6.03 Å². The van der Waals surface area contributed by atoms with Gasteiger partial charge in [-0.25, -0.2) is 4.79 Å². The average Bonchev–Trinajstić information content (AvgIpc) is 3.17. The van der Waals surface area contributed by atoms with Crippen molar-refractivity contribution in [2.75, 3.05) is 14.1 Å². The summed E-state index contributed by atoms with van der Waals surface area (Å²) < 4.78 is 1.52. The van der Waals surface area contributed by atoms with Crippen LogP contribution >= 0.6 is 0 Å². The lowest BCUT2D eigenvalue weighted by atomic mass is 10.2. The Morgan fingerprint density at radius 2 is 1.92 bits per heavy atom. The number of rotatable bonds is 5. The van der Waals surface area contributed by atoms with Crippen LogP contribution in [0.3, 0.4) is 0 Å². The molecule has 0 radical (unpaired) electrons. The number of imide groups is 1. The largest absolute Gasteiger partial charge is 0.349 e. The maximum Gasteiger partial charge on any atom is 0.326 e. The zero-order valence-electron chi connectivity index (χ0n) is 13.8. The van der Waals surface area contributed by atoms with Crippen LogP contribution in [0.25, 0.3) is 5.69 Å². The maximum absolute atomic E-state index is 12.1. The molecule has 1 aromatic carbocycles. The van der Waals surface area contributed by atoms with Gasteiger partial charge in [-0.1, -0.05) is 18.2 Å². The Morgan fingerprint density at radius 3 is 2.56 bits per heavy atom. The van der Waals surface area contributed by atoms with Gasteiger partial charge in [0.25, 0.3) is 5.91 Å². The first-order valence-corrected chi connectivity index (χ1v) is 7.62. The number of hydrogen-bond acceptors (Lipinski definition) is 6. The predicted octanol–water partition coefficient (Wildman–Crippen LogP) is -0.439. The van der Waals surface area contributed by atoms with Gasteiger partial charge in [-0.3, -0.25) is 14.5 Å². The number of nitrogens with one attached hydrogen (secondary N) is 1. The number of urea groups is 1. The van der Waals surface area contributed by atoms with E-state index in [1.807, 2.05) is 30.3 Å². The molecule has 1 N–H and O–H groups in total. The van der Waals surface area contributed by atoms with E-state index in [1.54, 1.807) is 0 Å². The van der Waals surface area contributed by atoms with Gasteiger partial charge in [0.2, 0.25) is 5.91 Å². The van der Waals surface area contributed by atoms with E-state index in [-0.39, 0.29) is 18.9 Å². The van der Waals surface area contributed by atoms with Crippen molar-refractivity contribution in [3.8, 4) is 5.69 Å². The van der Waals surface area contributed by atoms with Crippen LogP contribution < -0.4 is 5.32 Å². The molecule has 0 bridgehead atoms. The number of hydrogen-bond donors (Lipinski definition) is 1. The van der Waals surface area contributed by atoms with Crippen LogP contribution in [0.2, 0.25) is 0 Å². The van der Waals surface area contributed by atoms with Crippen LogP contribution in [0.4, 0.5) is 4.79 Å². The van der Waals surface area contributed by atoms with Crippen molar-refractivity contribution in [1.29, 1.82) is 0 Å². The van der Waals surface area contributed by atoms with E-state index >= 15 is 0 Å². The van der Waals surface area contributed by atoms with Crippen LogP contribution in [0, 0.1) is 0 Å². The summed E-state index contributed by atoms with van der Waals surface area (Å²) in [6.45, 7) is 0.106. The highest BCUT2D eigenvalue weighted by Crippen LogP contribution is 2.16. The Bertz CT molecular complexity index is 804. The number of tetrazole rings is 1. The summed E-state index contributed by atoms with van der Waals surface area (Å²) in [6, 6.07) is 8.06. The highest BCUT2D eigenvalue weighted by molar-refractivity contribution is 6.05. The summed E-state index contributed by atoms with van der Waals surface area (Å²) in [5.74, 6) is -0.300. The van der Waals surface area contributed by atoms with Crippen LogP contribution in [0.5, 0.6) is 0 Å². The molecule has 0 unspecified atom stereocenters. The second-order valence-electron chi connectivity index (χ2n) is 5.63. The molecule has 1 saturated heterocycles. The van der Waals surface area contributed by atoms with Gasteiger partial charge in [0.15, 0.2) is 5.82 Å². The van der Waals surface area contributed by atoms with E-state index in [9.17, 15) is 14.4 Å². The maximum atomic E-state index is 12.1. The van der Waals surface area contributed by atoms with Crippen molar-refractivity contribution in [3.63, 3.8) is 0 Å². The van der Waals surface area contributed by atoms with Gasteiger partial charge < -0.3 is 10.2 Å². The molecule has 3 rings (SSSR count). The Labute approximate surface area is 143 Å². The quantitative estimate of drug-likeness (QED) is 0.737. The molecule has 0 saturated carbocycles. The lowest BCUT2D eigenvalue weighted by molar-refractivity contribution is -0.131. The normalized spacial score (nSPS) is 17.3. The molecule has 1 aliphatic heterocycles. The van der Waals surface area contributed by atoms with E-state index in [0.717, 1.165) is 10.6 Å². The molecule has 0 aliphatic carbocycles. The summed E-state index contributed by atoms with van der Waals surface area (Å²) >= 11 is 0. The van der Waals surface area contributed by atoms with Crippen LogP contribution in [0.15, 0.2) is 30.3 Å². The van der Waals surface area contributed by atoms with Crippen molar-refractivity contribution in [1.82, 2.24) is 35.3 Å². The number of para-hydroxylation sites is 1. The number of amides is 4. The standard InChI is InChI=1S/C15H17N7O3/c1-20-11(14(24)21(2)15(20)25)8-13(23)16-9-12-17-18-19-22(12)10-6-4-3-5-7-10/h3-7,11H,8-9H2,1-2H3,(H,16,23)/t11-/m0/s1. The fourth-order valence-corrected chi connectivity index (χ4v) is 2.59. The molecule has 130 valence electrons. The Kier molecular flexibility index (Phi) is 4.42. The van der Waals surface area contributed by atoms with E-state index in [0.29, 0.717) is 5.82 Å². The zero-order chi connectivity index (χ0) is 18.0. The number of likely N-dealkylation sites (N-methyl/N-ethyl adjacent to an activating group) is 2. The van der Waals surface area contributed by atoms with Gasteiger partial charge in [-0.15, -0.1) is 5.10 Å². The molecule has 1 fully saturated rings. The predicted molar refractivity (Wildman–Crippen MR) is 85.3 cm³/mol. The molecule has 0 spiro atoms. The van der Waals surface area contributed by atoms with Crippen LogP contribution in [-0.2, 0) is 16.1 Å². The number of aromatic nitrogens is 4. The van der Waals surface area contributed by atoms with Crippen LogP contribution in [-0.4, -0.2) is 68.0 Å². The lowest BCUT2D eigenvalue weighted by Gasteiger charge is -2.15. The van der Waals surface area contributed by atoms with Crippen molar-refractivity contribution < 1.29 is 14.4 Å². The Hall–Kier alpha value is -3.30. The smallest absolute Gasteiger partial charge is 0.326 e. The third-order valence-corrected chi connectivity index (χ3v) is 4.03. The van der Waals surface area contributed by atoms with Gasteiger partial charge in [0.05, 0.1) is 18.7 Å². The highest BCUT2D eigenvalue weighted by Gasteiger charge is 2.41. The summed E-state index contributed by atoms with van der Waals surface area (Å²) in [7, 11) is 2.89. The average molecular weight is 343 g/mol. The molecule has 2 aromatic rings. The lowest BCUT2D eigenvalue weighted by Crippen LogP contribution is -2.37. The second-order valence-corrected chi connectivity index (χ2v) is 5.63. The monoisotopic (exact) mass is 343 g/mol. The molecule has 25 heavy (non-hydrogen) atoms. The van der Waals surface area contributed by atoms with Gasteiger partial charge in [0, 0.05) is 14.1 Å². The third kappa shape index (κ3) is 3.18. The molecule has 1 atom stereocenters. The highest BCUT2D eigenvalue weighted by atomic mass is 16.2. The molecule has 10 nitrogen and oxygen atoms in total. The molecule has 4 amide bonds. The van der Waals surface area contributed by atoms with Crippen molar-refractivity contribution in [2.45, 2.75) is 19.0 Å². The summed E-state index contributed by atoms with van der Waals surface area (Å²) in [5, 5.41) is 14.1. The first kappa shape index (κ1) is 16.6. The summed E-state index contributed by atoms with van der Waals surface area (Å²) in [5.41, 5.74) is 0.773. The molecule has 10 heteroatoms. The van der Waals surface area contributed by atoms with E-state index in [2.05, 4.69) is 20.8 Å². The van der Waals surface area contributed by atoms with Crippen LogP contribution in [0.1, 0.15) is 12.2 Å². The molecular formula is C15H17N7O3.